The van der Waals surface area contributed by atoms with Gasteiger partial charge in [0.1, 0.15) is 12.4 Å². The molecular formula is C32H35N5O3S. The minimum absolute atomic E-state index is 0.0637. The van der Waals surface area contributed by atoms with Crippen molar-refractivity contribution in [3.63, 3.8) is 0 Å². The molecule has 4 aromatic rings. The van der Waals surface area contributed by atoms with Crippen molar-refractivity contribution in [2.75, 3.05) is 31.0 Å². The maximum Gasteiger partial charge on any atom is 0.250 e. The molecule has 41 heavy (non-hydrogen) atoms. The lowest BCUT2D eigenvalue weighted by Crippen LogP contribution is -2.29. The van der Waals surface area contributed by atoms with E-state index in [1.807, 2.05) is 36.4 Å². The first-order valence-electron chi connectivity index (χ1n) is 13.5. The third-order valence-corrected chi connectivity index (χ3v) is 8.03. The van der Waals surface area contributed by atoms with Crippen LogP contribution in [0.2, 0.25) is 0 Å². The van der Waals surface area contributed by atoms with Gasteiger partial charge in [-0.1, -0.05) is 18.2 Å². The monoisotopic (exact) mass is 569 g/mol. The van der Waals surface area contributed by atoms with Crippen LogP contribution in [0.25, 0.3) is 5.69 Å². The van der Waals surface area contributed by atoms with Crippen molar-refractivity contribution in [2.45, 2.75) is 39.8 Å². The SMILES string of the molecule is COCC(=O)Nc1cc(N2C(=S)N[C@H](c3ccccn3)[C@@H]2c2cc(C)n(-c3cccc(C)c3C)c2C)ccc1OC. The van der Waals surface area contributed by atoms with Crippen LogP contribution in [0.1, 0.15) is 45.9 Å². The molecule has 0 aliphatic carbocycles. The highest BCUT2D eigenvalue weighted by molar-refractivity contribution is 7.80. The van der Waals surface area contributed by atoms with Gasteiger partial charge >= 0.3 is 0 Å². The number of nitrogens with one attached hydrogen (secondary N) is 2. The van der Waals surface area contributed by atoms with E-state index < -0.39 is 0 Å². The van der Waals surface area contributed by atoms with Crippen LogP contribution in [0.4, 0.5) is 11.4 Å². The lowest BCUT2D eigenvalue weighted by molar-refractivity contribution is -0.119. The summed E-state index contributed by atoms with van der Waals surface area (Å²) < 4.78 is 12.9. The molecule has 0 spiro atoms. The number of aryl methyl sites for hydroxylation is 2. The molecule has 212 valence electrons. The zero-order valence-corrected chi connectivity index (χ0v) is 25.0. The minimum Gasteiger partial charge on any atom is -0.495 e. The highest BCUT2D eigenvalue weighted by atomic mass is 32.1. The molecular weight excluding hydrogens is 534 g/mol. The van der Waals surface area contributed by atoms with Crippen LogP contribution in [0.15, 0.2) is 66.9 Å². The van der Waals surface area contributed by atoms with Crippen LogP contribution in [0.5, 0.6) is 5.75 Å². The Morgan fingerprint density at radius 3 is 2.56 bits per heavy atom. The van der Waals surface area contributed by atoms with Crippen molar-refractivity contribution in [3.05, 3.63) is 101 Å². The summed E-state index contributed by atoms with van der Waals surface area (Å²) >= 11 is 5.97. The summed E-state index contributed by atoms with van der Waals surface area (Å²) in [5.41, 5.74) is 9.28. The van der Waals surface area contributed by atoms with Gasteiger partial charge in [0.05, 0.1) is 30.6 Å². The van der Waals surface area contributed by atoms with Gasteiger partial charge in [0, 0.05) is 36.1 Å². The second kappa shape index (κ2) is 11.7. The summed E-state index contributed by atoms with van der Waals surface area (Å²) in [7, 11) is 3.06. The lowest BCUT2D eigenvalue weighted by atomic mass is 9.96. The van der Waals surface area contributed by atoms with Crippen molar-refractivity contribution in [3.8, 4) is 11.4 Å². The summed E-state index contributed by atoms with van der Waals surface area (Å²) in [5.74, 6) is 0.271. The molecule has 2 atom stereocenters. The number of nitrogens with zero attached hydrogens (tertiary/aromatic N) is 3. The summed E-state index contributed by atoms with van der Waals surface area (Å²) in [6, 6.07) is 19.8. The van der Waals surface area contributed by atoms with E-state index in [1.165, 1.54) is 18.2 Å². The van der Waals surface area contributed by atoms with Gasteiger partial charge in [-0.15, -0.1) is 0 Å². The predicted molar refractivity (Wildman–Crippen MR) is 166 cm³/mol. The molecule has 9 heteroatoms. The number of aromatic nitrogens is 2. The number of hydrogen-bond acceptors (Lipinski definition) is 5. The molecule has 0 unspecified atom stereocenters. The fourth-order valence-electron chi connectivity index (χ4n) is 5.65. The van der Waals surface area contributed by atoms with Crippen LogP contribution in [-0.2, 0) is 9.53 Å². The third-order valence-electron chi connectivity index (χ3n) is 7.71. The van der Waals surface area contributed by atoms with Crippen LogP contribution < -0.4 is 20.3 Å². The average Bonchev–Trinajstić information content (AvgIpc) is 3.45. The minimum atomic E-state index is -0.273. The predicted octanol–water partition coefficient (Wildman–Crippen LogP) is 5.88. The van der Waals surface area contributed by atoms with Crippen LogP contribution in [0.3, 0.4) is 0 Å². The molecule has 0 radical (unpaired) electrons. The summed E-state index contributed by atoms with van der Waals surface area (Å²) in [4.78, 5) is 19.2. The van der Waals surface area contributed by atoms with Crippen molar-refractivity contribution in [2.24, 2.45) is 0 Å². The van der Waals surface area contributed by atoms with Crippen molar-refractivity contribution in [1.82, 2.24) is 14.9 Å². The standard InChI is InChI=1S/C32H35N5O3S/c1-19-10-9-12-27(21(19)3)36-20(2)16-24(22(36)4)31-30(25-11-7-8-15-33-25)35-32(41)37(31)23-13-14-28(40-6)26(17-23)34-29(38)18-39-5/h7-17,30-31H,18H2,1-6H3,(H,34,38)(H,35,41)/t30-,31+/m1/s1. The zero-order chi connectivity index (χ0) is 29.3. The second-order valence-electron chi connectivity index (χ2n) is 10.2. The summed E-state index contributed by atoms with van der Waals surface area (Å²) in [5, 5.41) is 7.01. The summed E-state index contributed by atoms with van der Waals surface area (Å²) in [6.45, 7) is 8.53. The Hall–Kier alpha value is -4.21. The topological polar surface area (TPSA) is 80.7 Å². The molecule has 1 aliphatic rings. The molecule has 8 nitrogen and oxygen atoms in total. The van der Waals surface area contributed by atoms with E-state index in [1.54, 1.807) is 13.3 Å². The number of anilines is 2. The maximum atomic E-state index is 12.4. The first-order chi connectivity index (χ1) is 19.7. The molecule has 1 aliphatic heterocycles. The maximum absolute atomic E-state index is 12.4. The van der Waals surface area contributed by atoms with E-state index in [-0.39, 0.29) is 24.6 Å². The number of benzene rings is 2. The number of ether oxygens (including phenoxy) is 2. The van der Waals surface area contributed by atoms with Crippen LogP contribution in [-0.4, -0.2) is 41.4 Å². The number of carbonyl (C=O) groups excluding carboxylic acids is 1. The first-order valence-corrected chi connectivity index (χ1v) is 13.9. The number of rotatable bonds is 8. The Bertz CT molecular complexity index is 1600. The molecule has 3 heterocycles. The Morgan fingerprint density at radius 2 is 1.85 bits per heavy atom. The molecule has 0 bridgehead atoms. The second-order valence-corrected chi connectivity index (χ2v) is 10.6. The van der Waals surface area contributed by atoms with Gasteiger partial charge in [-0.25, -0.2) is 0 Å². The average molecular weight is 570 g/mol. The number of amides is 1. The number of carbonyl (C=O) groups is 1. The molecule has 1 fully saturated rings. The van der Waals surface area contributed by atoms with E-state index in [2.05, 4.69) is 72.1 Å². The molecule has 5 rings (SSSR count). The number of thiocarbonyl (C=S) groups is 1. The number of pyridine rings is 1. The fourth-order valence-corrected chi connectivity index (χ4v) is 5.99. The van der Waals surface area contributed by atoms with Gasteiger partial charge in [-0.05, 0) is 99.1 Å². The van der Waals surface area contributed by atoms with Gasteiger partial charge in [0.2, 0.25) is 5.91 Å². The molecule has 2 aromatic heterocycles. The van der Waals surface area contributed by atoms with Gasteiger partial charge in [-0.2, -0.15) is 0 Å². The third kappa shape index (κ3) is 5.30. The van der Waals surface area contributed by atoms with E-state index in [0.29, 0.717) is 16.5 Å². The molecule has 0 saturated carbocycles. The number of hydrogen-bond donors (Lipinski definition) is 2. The normalized spacial score (nSPS) is 16.5. The molecule has 2 N–H and O–H groups in total. The van der Waals surface area contributed by atoms with Gasteiger partial charge in [0.15, 0.2) is 5.11 Å². The molecule has 1 saturated heterocycles. The van der Waals surface area contributed by atoms with Crippen LogP contribution >= 0.6 is 12.2 Å². The Morgan fingerprint density at radius 1 is 1.05 bits per heavy atom. The molecule has 1 amide bonds. The van der Waals surface area contributed by atoms with Crippen molar-refractivity contribution < 1.29 is 14.3 Å². The van der Waals surface area contributed by atoms with Crippen molar-refractivity contribution >= 4 is 34.6 Å². The highest BCUT2D eigenvalue weighted by Crippen LogP contribution is 2.45. The van der Waals surface area contributed by atoms with E-state index in [4.69, 9.17) is 26.7 Å². The first kappa shape index (κ1) is 28.3. The van der Waals surface area contributed by atoms with Gasteiger partial charge in [-0.3, -0.25) is 9.78 Å². The smallest absolute Gasteiger partial charge is 0.250 e. The highest BCUT2D eigenvalue weighted by Gasteiger charge is 2.42. The lowest BCUT2D eigenvalue weighted by Gasteiger charge is -2.29. The van der Waals surface area contributed by atoms with Crippen molar-refractivity contribution in [1.29, 1.82) is 0 Å². The van der Waals surface area contributed by atoms with E-state index >= 15 is 0 Å². The van der Waals surface area contributed by atoms with E-state index in [0.717, 1.165) is 34.0 Å². The Labute approximate surface area is 246 Å². The zero-order valence-electron chi connectivity index (χ0n) is 24.2. The van der Waals surface area contributed by atoms with Gasteiger partial charge in [0.25, 0.3) is 0 Å². The molecule has 2 aromatic carbocycles. The van der Waals surface area contributed by atoms with E-state index in [9.17, 15) is 4.79 Å². The summed E-state index contributed by atoms with van der Waals surface area (Å²) in [6.07, 6.45) is 1.80. The number of methoxy groups -OCH3 is 2. The fraction of sp³-hybridized carbons (Fsp3) is 0.281. The van der Waals surface area contributed by atoms with Gasteiger partial charge < -0.3 is 29.6 Å². The quantitative estimate of drug-likeness (QED) is 0.257. The van der Waals surface area contributed by atoms with Crippen LogP contribution in [0, 0.1) is 27.7 Å². The largest absolute Gasteiger partial charge is 0.495 e. The Kier molecular flexibility index (Phi) is 8.10. The Balaban J connectivity index is 1.67.